The second kappa shape index (κ2) is 7.18. The normalized spacial score (nSPS) is 29.1. The minimum atomic E-state index is -0.456. The summed E-state index contributed by atoms with van der Waals surface area (Å²) in [5, 5.41) is 0.629. The van der Waals surface area contributed by atoms with Crippen LogP contribution in [0.2, 0.25) is 5.02 Å². The number of benzene rings is 1. The summed E-state index contributed by atoms with van der Waals surface area (Å²) in [7, 11) is 0. The molecular weight excluding hydrogens is 376 g/mol. The number of halogens is 1. The summed E-state index contributed by atoms with van der Waals surface area (Å²) in [5.74, 6) is 0.923. The number of carbonyl (C=O) groups is 3. The zero-order valence-electron chi connectivity index (χ0n) is 16.5. The molecule has 1 aromatic rings. The molecule has 1 saturated heterocycles. The van der Waals surface area contributed by atoms with Crippen LogP contribution in [-0.2, 0) is 16.0 Å². The van der Waals surface area contributed by atoms with E-state index in [-0.39, 0.29) is 18.9 Å². The number of hydrogen-bond donors (Lipinski definition) is 0. The summed E-state index contributed by atoms with van der Waals surface area (Å²) < 4.78 is 0. The minimum absolute atomic E-state index is 0.218. The van der Waals surface area contributed by atoms with Gasteiger partial charge in [0.1, 0.15) is 6.42 Å². The van der Waals surface area contributed by atoms with Crippen LogP contribution in [0.3, 0.4) is 0 Å². The van der Waals surface area contributed by atoms with Gasteiger partial charge in [0.2, 0.25) is 11.8 Å². The van der Waals surface area contributed by atoms with Crippen LogP contribution in [0.5, 0.6) is 0 Å². The molecule has 4 amide bonds. The standard InChI is InChI=1S/C22H27ClN2O3/c1-22(2)16-7-6-15(18(22)11-16)13-25-20(27)12-19(26)24(21(25)28)9-8-14-4-3-5-17(23)10-14/h3-5,10,15-16,18H,6-9,11-13H2,1-2H3/t15-,16-,18-/m1/s1. The highest BCUT2D eigenvalue weighted by atomic mass is 35.5. The SMILES string of the molecule is CC1(C)[C@@H]2CC[C@H](CN3C(=O)CC(=O)N(CCc4cccc(Cl)c4)C3=O)[C@H]1C2. The second-order valence-electron chi connectivity index (χ2n) is 9.09. The molecule has 0 aromatic heterocycles. The summed E-state index contributed by atoms with van der Waals surface area (Å²) in [6, 6.07) is 6.94. The number of urea groups is 1. The average Bonchev–Trinajstić information content (AvgIpc) is 2.65. The van der Waals surface area contributed by atoms with Gasteiger partial charge in [0.05, 0.1) is 0 Å². The van der Waals surface area contributed by atoms with E-state index >= 15 is 0 Å². The summed E-state index contributed by atoms with van der Waals surface area (Å²) in [4.78, 5) is 40.4. The van der Waals surface area contributed by atoms with Crippen LogP contribution in [0, 0.1) is 23.2 Å². The molecule has 1 aromatic carbocycles. The first-order valence-corrected chi connectivity index (χ1v) is 10.5. The molecule has 3 saturated carbocycles. The zero-order chi connectivity index (χ0) is 20.1. The third-order valence-corrected chi connectivity index (χ3v) is 7.53. The lowest BCUT2D eigenvalue weighted by atomic mass is 9.45. The van der Waals surface area contributed by atoms with Crippen molar-refractivity contribution in [2.45, 2.75) is 46.0 Å². The fraction of sp³-hybridized carbons (Fsp3) is 0.591. The summed E-state index contributed by atoms with van der Waals surface area (Å²) >= 11 is 6.01. The predicted octanol–water partition coefficient (Wildman–Crippen LogP) is 4.14. The van der Waals surface area contributed by atoms with Crippen LogP contribution >= 0.6 is 11.6 Å². The molecule has 4 aliphatic rings. The van der Waals surface area contributed by atoms with E-state index in [2.05, 4.69) is 13.8 Å². The highest BCUT2D eigenvalue weighted by Crippen LogP contribution is 2.61. The molecule has 4 fully saturated rings. The lowest BCUT2D eigenvalue weighted by Gasteiger charge is -2.60. The maximum absolute atomic E-state index is 13.0. The first kappa shape index (κ1) is 19.4. The largest absolute Gasteiger partial charge is 0.333 e. The molecule has 5 nitrogen and oxygen atoms in total. The second-order valence-corrected chi connectivity index (χ2v) is 9.52. The van der Waals surface area contributed by atoms with E-state index in [0.29, 0.717) is 35.2 Å². The number of imide groups is 2. The Hall–Kier alpha value is -1.88. The van der Waals surface area contributed by atoms with E-state index in [1.807, 2.05) is 18.2 Å². The monoisotopic (exact) mass is 402 g/mol. The van der Waals surface area contributed by atoms with Crippen molar-refractivity contribution in [1.82, 2.24) is 9.80 Å². The fourth-order valence-electron chi connectivity index (χ4n) is 5.43. The molecule has 0 spiro atoms. The minimum Gasteiger partial charge on any atom is -0.274 e. The molecule has 1 heterocycles. The third kappa shape index (κ3) is 3.34. The van der Waals surface area contributed by atoms with E-state index in [1.54, 1.807) is 6.07 Å². The van der Waals surface area contributed by atoms with Crippen molar-refractivity contribution in [2.24, 2.45) is 23.2 Å². The van der Waals surface area contributed by atoms with Crippen molar-refractivity contribution in [3.8, 4) is 0 Å². The molecule has 150 valence electrons. The quantitative estimate of drug-likeness (QED) is 0.695. The van der Waals surface area contributed by atoms with Gasteiger partial charge in [0, 0.05) is 18.1 Å². The zero-order valence-corrected chi connectivity index (χ0v) is 17.2. The lowest BCUT2D eigenvalue weighted by Crippen LogP contribution is -2.60. The van der Waals surface area contributed by atoms with Crippen molar-refractivity contribution in [1.29, 1.82) is 0 Å². The lowest BCUT2D eigenvalue weighted by molar-refractivity contribution is -0.146. The fourth-order valence-corrected chi connectivity index (χ4v) is 5.64. The van der Waals surface area contributed by atoms with Gasteiger partial charge >= 0.3 is 6.03 Å². The number of rotatable bonds is 5. The van der Waals surface area contributed by atoms with Gasteiger partial charge in [-0.3, -0.25) is 19.4 Å². The molecule has 3 atom stereocenters. The van der Waals surface area contributed by atoms with Gasteiger partial charge < -0.3 is 0 Å². The molecule has 28 heavy (non-hydrogen) atoms. The Labute approximate surface area is 171 Å². The van der Waals surface area contributed by atoms with Gasteiger partial charge in [-0.15, -0.1) is 0 Å². The maximum Gasteiger partial charge on any atom is 0.333 e. The first-order chi connectivity index (χ1) is 13.3. The molecule has 3 aliphatic carbocycles. The molecule has 2 bridgehead atoms. The van der Waals surface area contributed by atoms with Crippen LogP contribution in [0.4, 0.5) is 4.79 Å². The summed E-state index contributed by atoms with van der Waals surface area (Å²) in [6.07, 6.45) is 3.74. The first-order valence-electron chi connectivity index (χ1n) is 10.2. The van der Waals surface area contributed by atoms with Gasteiger partial charge in [-0.2, -0.15) is 0 Å². The number of amides is 4. The van der Waals surface area contributed by atoms with Gasteiger partial charge in [-0.25, -0.2) is 4.79 Å². The highest BCUT2D eigenvalue weighted by molar-refractivity contribution is 6.30. The van der Waals surface area contributed by atoms with Crippen LogP contribution in [0.25, 0.3) is 0 Å². The van der Waals surface area contributed by atoms with Crippen molar-refractivity contribution >= 4 is 29.4 Å². The topological polar surface area (TPSA) is 57.7 Å². The van der Waals surface area contributed by atoms with Gasteiger partial charge in [-0.05, 0) is 66.5 Å². The van der Waals surface area contributed by atoms with E-state index < -0.39 is 11.9 Å². The van der Waals surface area contributed by atoms with E-state index in [4.69, 9.17) is 11.6 Å². The Bertz CT molecular complexity index is 820. The number of barbiturate groups is 1. The highest BCUT2D eigenvalue weighted by Gasteiger charge is 2.55. The van der Waals surface area contributed by atoms with E-state index in [1.165, 1.54) is 22.6 Å². The summed E-state index contributed by atoms with van der Waals surface area (Å²) in [6.45, 7) is 5.32. The third-order valence-electron chi connectivity index (χ3n) is 7.30. The Balaban J connectivity index is 1.44. The Morgan fingerprint density at radius 3 is 2.54 bits per heavy atom. The van der Waals surface area contributed by atoms with Crippen LogP contribution in [0.15, 0.2) is 24.3 Å². The van der Waals surface area contributed by atoms with Crippen LogP contribution < -0.4 is 0 Å². The smallest absolute Gasteiger partial charge is 0.274 e. The predicted molar refractivity (Wildman–Crippen MR) is 107 cm³/mol. The molecular formula is C22H27ClN2O3. The molecule has 5 rings (SSSR count). The molecule has 0 N–H and O–H groups in total. The molecule has 6 heteroatoms. The van der Waals surface area contributed by atoms with Crippen molar-refractivity contribution < 1.29 is 14.4 Å². The van der Waals surface area contributed by atoms with Gasteiger partial charge in [0.15, 0.2) is 0 Å². The maximum atomic E-state index is 13.0. The number of nitrogens with zero attached hydrogens (tertiary/aromatic N) is 2. The molecule has 0 unspecified atom stereocenters. The Morgan fingerprint density at radius 2 is 1.86 bits per heavy atom. The molecule has 1 aliphatic heterocycles. The number of fused-ring (bicyclic) bond motifs is 2. The van der Waals surface area contributed by atoms with Crippen molar-refractivity contribution in [2.75, 3.05) is 13.1 Å². The van der Waals surface area contributed by atoms with Gasteiger partial charge in [0.25, 0.3) is 0 Å². The van der Waals surface area contributed by atoms with Crippen molar-refractivity contribution in [3.05, 3.63) is 34.9 Å². The van der Waals surface area contributed by atoms with Gasteiger partial charge in [-0.1, -0.05) is 37.6 Å². The Kier molecular flexibility index (Phi) is 4.98. The van der Waals surface area contributed by atoms with Crippen LogP contribution in [0.1, 0.15) is 45.1 Å². The Morgan fingerprint density at radius 1 is 1.11 bits per heavy atom. The van der Waals surface area contributed by atoms with E-state index in [9.17, 15) is 14.4 Å². The number of hydrogen-bond acceptors (Lipinski definition) is 3. The average molecular weight is 403 g/mol. The number of carbonyl (C=O) groups excluding carboxylic acids is 3. The molecule has 0 radical (unpaired) electrons. The summed E-state index contributed by atoms with van der Waals surface area (Å²) in [5.41, 5.74) is 1.26. The van der Waals surface area contributed by atoms with E-state index in [0.717, 1.165) is 17.9 Å². The van der Waals surface area contributed by atoms with Crippen LogP contribution in [-0.4, -0.2) is 40.7 Å². The van der Waals surface area contributed by atoms with Crippen molar-refractivity contribution in [3.63, 3.8) is 0 Å².